The van der Waals surface area contributed by atoms with Gasteiger partial charge in [0.2, 0.25) is 5.43 Å². The average molecular weight is 365 g/mol. The number of thiophene rings is 1. The summed E-state index contributed by atoms with van der Waals surface area (Å²) < 4.78 is 19.8. The molecular formula is C11H13BrN2O3S2. The highest BCUT2D eigenvalue weighted by molar-refractivity contribution is 9.10. The third-order valence-corrected chi connectivity index (χ3v) is 5.49. The molecule has 0 saturated carbocycles. The lowest BCUT2D eigenvalue weighted by molar-refractivity contribution is 0.535. The highest BCUT2D eigenvalue weighted by Gasteiger charge is 2.10. The third-order valence-electron chi connectivity index (χ3n) is 2.57. The van der Waals surface area contributed by atoms with Crippen LogP contribution in [0.5, 0.6) is 0 Å². The van der Waals surface area contributed by atoms with Crippen molar-refractivity contribution in [2.24, 2.45) is 0 Å². The first-order valence-corrected chi connectivity index (χ1v) is 8.67. The van der Waals surface area contributed by atoms with E-state index in [1.54, 1.807) is 17.6 Å². The van der Waals surface area contributed by atoms with Crippen LogP contribution < -0.4 is 10.7 Å². The van der Waals surface area contributed by atoms with Crippen LogP contribution in [-0.4, -0.2) is 34.9 Å². The lowest BCUT2D eigenvalue weighted by Gasteiger charge is -2.13. The molecule has 2 aromatic heterocycles. The van der Waals surface area contributed by atoms with E-state index in [1.165, 1.54) is 17.4 Å². The maximum atomic E-state index is 11.8. The summed E-state index contributed by atoms with van der Waals surface area (Å²) in [6.45, 7) is 1.14. The van der Waals surface area contributed by atoms with Crippen LogP contribution in [0.25, 0.3) is 10.3 Å². The molecule has 2 heterocycles. The van der Waals surface area contributed by atoms with Gasteiger partial charge in [-0.25, -0.2) is 8.51 Å². The van der Waals surface area contributed by atoms with Gasteiger partial charge in [0, 0.05) is 30.8 Å². The maximum absolute atomic E-state index is 11.8. The molecule has 2 rings (SSSR count). The number of fused-ring (bicyclic) bond motifs is 1. The van der Waals surface area contributed by atoms with Gasteiger partial charge in [-0.05, 0) is 23.0 Å². The summed E-state index contributed by atoms with van der Waals surface area (Å²) in [5.41, 5.74) is 0.499. The van der Waals surface area contributed by atoms with Gasteiger partial charge in [0.25, 0.3) is 0 Å². The first kappa shape index (κ1) is 14.7. The first-order valence-electron chi connectivity index (χ1n) is 5.48. The van der Waals surface area contributed by atoms with Crippen molar-refractivity contribution in [2.75, 3.05) is 31.7 Å². The van der Waals surface area contributed by atoms with Gasteiger partial charge in [0.05, 0.1) is 15.5 Å². The van der Waals surface area contributed by atoms with Gasteiger partial charge < -0.3 is 9.73 Å². The summed E-state index contributed by atoms with van der Waals surface area (Å²) in [7, 11) is 0.774. The molecule has 0 radical (unpaired) electrons. The molecule has 2 aromatic rings. The van der Waals surface area contributed by atoms with Gasteiger partial charge in [0.15, 0.2) is 11.5 Å². The third kappa shape index (κ3) is 3.44. The fourth-order valence-corrected chi connectivity index (χ4v) is 3.27. The van der Waals surface area contributed by atoms with E-state index in [1.807, 2.05) is 5.38 Å². The Labute approximate surface area is 125 Å². The van der Waals surface area contributed by atoms with E-state index in [0.29, 0.717) is 29.3 Å². The van der Waals surface area contributed by atoms with Crippen LogP contribution in [0.4, 0.5) is 5.88 Å². The van der Waals surface area contributed by atoms with Crippen molar-refractivity contribution in [1.82, 2.24) is 4.31 Å². The molecule has 8 heteroatoms. The van der Waals surface area contributed by atoms with Crippen LogP contribution in [0, 0.1) is 0 Å². The highest BCUT2D eigenvalue weighted by Crippen LogP contribution is 2.29. The molecule has 0 bridgehead atoms. The monoisotopic (exact) mass is 364 g/mol. The van der Waals surface area contributed by atoms with Crippen molar-refractivity contribution in [1.29, 1.82) is 0 Å². The Morgan fingerprint density at radius 2 is 2.32 bits per heavy atom. The molecule has 19 heavy (non-hydrogen) atoms. The smallest absolute Gasteiger partial charge is 0.204 e. The van der Waals surface area contributed by atoms with Gasteiger partial charge in [-0.1, -0.05) is 0 Å². The van der Waals surface area contributed by atoms with E-state index in [9.17, 15) is 9.00 Å². The quantitative estimate of drug-likeness (QED) is 0.883. The van der Waals surface area contributed by atoms with Crippen LogP contribution >= 0.6 is 27.3 Å². The topological polar surface area (TPSA) is 62.6 Å². The van der Waals surface area contributed by atoms with E-state index in [-0.39, 0.29) is 5.43 Å². The normalized spacial score (nSPS) is 13.1. The molecule has 5 nitrogen and oxygen atoms in total. The fraction of sp³-hybridized carbons (Fsp3) is 0.364. The maximum Gasteiger partial charge on any atom is 0.204 e. The minimum absolute atomic E-state index is 0.0631. The molecule has 0 fully saturated rings. The summed E-state index contributed by atoms with van der Waals surface area (Å²) >= 11 is 4.70. The van der Waals surface area contributed by atoms with Crippen molar-refractivity contribution in [3.8, 4) is 0 Å². The zero-order chi connectivity index (χ0) is 14.0. The average Bonchev–Trinajstić information content (AvgIpc) is 2.71. The molecule has 0 aliphatic carbocycles. The molecule has 0 aliphatic rings. The minimum atomic E-state index is -0.997. The van der Waals surface area contributed by atoms with Crippen molar-refractivity contribution in [3.63, 3.8) is 0 Å². The molecule has 0 amide bonds. The van der Waals surface area contributed by atoms with E-state index in [4.69, 9.17) is 4.42 Å². The Bertz CT molecular complexity index is 667. The van der Waals surface area contributed by atoms with E-state index < -0.39 is 11.0 Å². The van der Waals surface area contributed by atoms with Crippen molar-refractivity contribution >= 4 is 54.4 Å². The zero-order valence-electron chi connectivity index (χ0n) is 10.4. The van der Waals surface area contributed by atoms with Crippen molar-refractivity contribution in [2.45, 2.75) is 0 Å². The fourth-order valence-electron chi connectivity index (χ4n) is 1.47. The highest BCUT2D eigenvalue weighted by atomic mass is 79.9. The van der Waals surface area contributed by atoms with Crippen LogP contribution in [0.15, 0.2) is 25.1 Å². The number of hydrogen-bond donors (Lipinski definition) is 1. The first-order chi connectivity index (χ1) is 8.99. The number of hydrogen-bond acceptors (Lipinski definition) is 5. The van der Waals surface area contributed by atoms with Gasteiger partial charge >= 0.3 is 0 Å². The Morgan fingerprint density at radius 3 is 3.00 bits per heavy atom. The van der Waals surface area contributed by atoms with Crippen LogP contribution in [-0.2, 0) is 11.0 Å². The molecule has 0 aromatic carbocycles. The SMILES string of the molecule is CN(CCNc1cc(=O)c2scc(Br)c2o1)S(C)=O. The predicted octanol–water partition coefficient (Wildman–Crippen LogP) is 2.25. The molecule has 1 atom stereocenters. The summed E-state index contributed by atoms with van der Waals surface area (Å²) in [4.78, 5) is 11.8. The summed E-state index contributed by atoms with van der Waals surface area (Å²) in [6.07, 6.45) is 1.62. The molecule has 104 valence electrons. The molecule has 0 spiro atoms. The van der Waals surface area contributed by atoms with Gasteiger partial charge in [-0.15, -0.1) is 11.3 Å². The van der Waals surface area contributed by atoms with E-state index in [0.717, 1.165) is 4.47 Å². The van der Waals surface area contributed by atoms with Crippen LogP contribution in [0.2, 0.25) is 0 Å². The van der Waals surface area contributed by atoms with Gasteiger partial charge in [-0.3, -0.25) is 4.79 Å². The summed E-state index contributed by atoms with van der Waals surface area (Å²) in [6, 6.07) is 1.44. The number of nitrogens with zero attached hydrogens (tertiary/aromatic N) is 1. The number of nitrogens with one attached hydrogen (secondary N) is 1. The lowest BCUT2D eigenvalue weighted by atomic mass is 10.4. The van der Waals surface area contributed by atoms with Gasteiger partial charge in [0.1, 0.15) is 4.70 Å². The second-order valence-electron chi connectivity index (χ2n) is 3.92. The zero-order valence-corrected chi connectivity index (χ0v) is 13.7. The molecule has 0 saturated heterocycles. The second-order valence-corrected chi connectivity index (χ2v) is 7.12. The molecule has 1 N–H and O–H groups in total. The van der Waals surface area contributed by atoms with E-state index >= 15 is 0 Å². The number of halogens is 1. The Morgan fingerprint density at radius 1 is 1.58 bits per heavy atom. The molecule has 1 unspecified atom stereocenters. The minimum Gasteiger partial charge on any atom is -0.438 e. The second kappa shape index (κ2) is 6.17. The Kier molecular flexibility index (Phi) is 4.77. The molecular weight excluding hydrogens is 352 g/mol. The summed E-state index contributed by atoms with van der Waals surface area (Å²) in [5.74, 6) is 0.423. The van der Waals surface area contributed by atoms with Crippen molar-refractivity contribution < 1.29 is 8.63 Å². The Balaban J connectivity index is 2.11. The van der Waals surface area contributed by atoms with Gasteiger partial charge in [-0.2, -0.15) is 0 Å². The summed E-state index contributed by atoms with van der Waals surface area (Å²) in [5, 5.41) is 4.85. The largest absolute Gasteiger partial charge is 0.438 e. The standard InChI is InChI=1S/C11H13BrN2O3S2/c1-14(19(2)16)4-3-13-9-5-8(15)11-10(17-9)7(12)6-18-11/h5-6,13H,3-4H2,1-2H3. The van der Waals surface area contributed by atoms with Crippen LogP contribution in [0.1, 0.15) is 0 Å². The van der Waals surface area contributed by atoms with Crippen LogP contribution in [0.3, 0.4) is 0 Å². The van der Waals surface area contributed by atoms with E-state index in [2.05, 4.69) is 21.2 Å². The van der Waals surface area contributed by atoms with Crippen molar-refractivity contribution in [3.05, 3.63) is 26.1 Å². The number of rotatable bonds is 5. The number of anilines is 1. The predicted molar refractivity (Wildman–Crippen MR) is 83.2 cm³/mol. The lowest BCUT2D eigenvalue weighted by Crippen LogP contribution is -2.26. The molecule has 0 aliphatic heterocycles. The Hall–Kier alpha value is -0.700. The number of likely N-dealkylation sites (N-methyl/N-ethyl adjacent to an activating group) is 1.